The zero-order valence-corrected chi connectivity index (χ0v) is 15.6. The Labute approximate surface area is 151 Å². The number of amides is 2. The van der Waals surface area contributed by atoms with E-state index in [-0.39, 0.29) is 17.2 Å². The third-order valence-corrected chi connectivity index (χ3v) is 5.59. The number of nitrogens with zero attached hydrogens (tertiary/aromatic N) is 2. The van der Waals surface area contributed by atoms with Crippen molar-refractivity contribution in [2.75, 3.05) is 59.5 Å². The molecular formula is C18H34N4O3. The van der Waals surface area contributed by atoms with E-state index in [9.17, 15) is 9.59 Å². The molecule has 0 bridgehead atoms. The van der Waals surface area contributed by atoms with Crippen LogP contribution in [0.2, 0.25) is 0 Å². The maximum atomic E-state index is 12.7. The molecule has 1 aliphatic heterocycles. The first-order valence-electron chi connectivity index (χ1n) is 9.54. The highest BCUT2D eigenvalue weighted by molar-refractivity contribution is 5.78. The van der Waals surface area contributed by atoms with Gasteiger partial charge in [0.1, 0.15) is 0 Å². The Morgan fingerprint density at radius 3 is 2.40 bits per heavy atom. The Bertz CT molecular complexity index is 430. The molecule has 0 radical (unpaired) electrons. The Morgan fingerprint density at radius 2 is 1.80 bits per heavy atom. The van der Waals surface area contributed by atoms with Gasteiger partial charge >= 0.3 is 0 Å². The molecule has 7 heteroatoms. The zero-order chi connectivity index (χ0) is 18.1. The fourth-order valence-corrected chi connectivity index (χ4v) is 3.89. The lowest BCUT2D eigenvalue weighted by atomic mass is 9.71. The lowest BCUT2D eigenvalue weighted by molar-refractivity contribution is -0.136. The van der Waals surface area contributed by atoms with Gasteiger partial charge in [-0.2, -0.15) is 0 Å². The van der Waals surface area contributed by atoms with Crippen LogP contribution in [0.4, 0.5) is 0 Å². The summed E-state index contributed by atoms with van der Waals surface area (Å²) in [6, 6.07) is 0. The first-order valence-corrected chi connectivity index (χ1v) is 9.54. The second kappa shape index (κ2) is 10.1. The van der Waals surface area contributed by atoms with E-state index in [4.69, 9.17) is 10.5 Å². The van der Waals surface area contributed by atoms with Crippen LogP contribution < -0.4 is 11.1 Å². The maximum absolute atomic E-state index is 12.7. The molecule has 2 aliphatic rings. The van der Waals surface area contributed by atoms with Crippen molar-refractivity contribution in [1.82, 2.24) is 15.1 Å². The van der Waals surface area contributed by atoms with Crippen molar-refractivity contribution in [3.63, 3.8) is 0 Å². The van der Waals surface area contributed by atoms with Gasteiger partial charge in [-0.1, -0.05) is 19.3 Å². The molecule has 2 rings (SSSR count). The first kappa shape index (κ1) is 20.1. The molecular weight excluding hydrogens is 320 g/mol. The third kappa shape index (κ3) is 6.24. The number of carbonyl (C=O) groups excluding carboxylic acids is 2. The predicted octanol–water partition coefficient (Wildman–Crippen LogP) is 0.193. The number of nitrogens with two attached hydrogens (primary N) is 1. The SMILES string of the molecule is COCCNC(=O)CN1CCN(C(=O)CC2(CN)CCCCC2)CC1. The molecule has 7 nitrogen and oxygen atoms in total. The quantitative estimate of drug-likeness (QED) is 0.608. The summed E-state index contributed by atoms with van der Waals surface area (Å²) < 4.78 is 4.92. The smallest absolute Gasteiger partial charge is 0.234 e. The van der Waals surface area contributed by atoms with E-state index in [1.807, 2.05) is 4.90 Å². The van der Waals surface area contributed by atoms with Gasteiger partial charge in [0, 0.05) is 46.3 Å². The van der Waals surface area contributed by atoms with E-state index in [0.29, 0.717) is 45.8 Å². The summed E-state index contributed by atoms with van der Waals surface area (Å²) in [4.78, 5) is 28.6. The summed E-state index contributed by atoms with van der Waals surface area (Å²) >= 11 is 0. The van der Waals surface area contributed by atoms with E-state index in [1.165, 1.54) is 19.3 Å². The highest BCUT2D eigenvalue weighted by Crippen LogP contribution is 2.38. The molecule has 1 saturated carbocycles. The first-order chi connectivity index (χ1) is 12.1. The summed E-state index contributed by atoms with van der Waals surface area (Å²) in [7, 11) is 1.62. The van der Waals surface area contributed by atoms with Gasteiger partial charge in [0.15, 0.2) is 0 Å². The van der Waals surface area contributed by atoms with Crippen LogP contribution in [0.25, 0.3) is 0 Å². The van der Waals surface area contributed by atoms with Crippen LogP contribution in [0.15, 0.2) is 0 Å². The van der Waals surface area contributed by atoms with Gasteiger partial charge in [0.25, 0.3) is 0 Å². The third-order valence-electron chi connectivity index (χ3n) is 5.59. The molecule has 1 heterocycles. The van der Waals surface area contributed by atoms with Crippen LogP contribution in [0.1, 0.15) is 38.5 Å². The van der Waals surface area contributed by atoms with Crippen LogP contribution in [0.3, 0.4) is 0 Å². The number of hydrogen-bond donors (Lipinski definition) is 2. The minimum Gasteiger partial charge on any atom is -0.383 e. The summed E-state index contributed by atoms with van der Waals surface area (Å²) in [6.45, 7) is 4.96. The van der Waals surface area contributed by atoms with E-state index in [2.05, 4.69) is 10.2 Å². The summed E-state index contributed by atoms with van der Waals surface area (Å²) in [5.41, 5.74) is 6.03. The van der Waals surface area contributed by atoms with E-state index in [1.54, 1.807) is 7.11 Å². The molecule has 1 saturated heterocycles. The molecule has 1 aliphatic carbocycles. The topological polar surface area (TPSA) is 87.9 Å². The predicted molar refractivity (Wildman–Crippen MR) is 97.1 cm³/mol. The molecule has 0 atom stereocenters. The largest absolute Gasteiger partial charge is 0.383 e. The molecule has 0 aromatic heterocycles. The van der Waals surface area contributed by atoms with E-state index in [0.717, 1.165) is 25.9 Å². The Morgan fingerprint density at radius 1 is 1.12 bits per heavy atom. The van der Waals surface area contributed by atoms with Gasteiger partial charge in [-0.3, -0.25) is 14.5 Å². The maximum Gasteiger partial charge on any atom is 0.234 e. The lowest BCUT2D eigenvalue weighted by Gasteiger charge is -2.39. The van der Waals surface area contributed by atoms with Gasteiger partial charge < -0.3 is 20.7 Å². The zero-order valence-electron chi connectivity index (χ0n) is 15.6. The standard InChI is InChI=1S/C18H34N4O3/c1-25-12-7-20-16(23)14-21-8-10-22(11-9-21)17(24)13-18(15-19)5-3-2-4-6-18/h2-15,19H2,1H3,(H,20,23). The normalized spacial score (nSPS) is 21.1. The van der Waals surface area contributed by atoms with Crippen LogP contribution in [-0.2, 0) is 14.3 Å². The highest BCUT2D eigenvalue weighted by atomic mass is 16.5. The number of methoxy groups -OCH3 is 1. The average molecular weight is 354 g/mol. The van der Waals surface area contributed by atoms with Gasteiger partial charge in [0.2, 0.25) is 11.8 Å². The van der Waals surface area contributed by atoms with Gasteiger partial charge in [-0.15, -0.1) is 0 Å². The molecule has 0 spiro atoms. The van der Waals surface area contributed by atoms with Gasteiger partial charge in [-0.25, -0.2) is 0 Å². The molecule has 2 amide bonds. The molecule has 144 valence electrons. The van der Waals surface area contributed by atoms with Crippen LogP contribution in [-0.4, -0.2) is 81.1 Å². The van der Waals surface area contributed by atoms with Gasteiger partial charge in [0.05, 0.1) is 13.2 Å². The van der Waals surface area contributed by atoms with Crippen LogP contribution in [0, 0.1) is 5.41 Å². The summed E-state index contributed by atoms with van der Waals surface area (Å²) in [5, 5.41) is 2.83. The number of nitrogens with one attached hydrogen (secondary N) is 1. The van der Waals surface area contributed by atoms with Crippen molar-refractivity contribution in [3.05, 3.63) is 0 Å². The van der Waals surface area contributed by atoms with Crippen molar-refractivity contribution in [2.24, 2.45) is 11.1 Å². The minimum absolute atomic E-state index is 0.0149. The molecule has 0 unspecified atom stereocenters. The molecule has 0 aromatic rings. The van der Waals surface area contributed by atoms with Gasteiger partial charge in [-0.05, 0) is 24.8 Å². The highest BCUT2D eigenvalue weighted by Gasteiger charge is 2.35. The second-order valence-electron chi connectivity index (χ2n) is 7.44. The van der Waals surface area contributed by atoms with Crippen molar-refractivity contribution in [2.45, 2.75) is 38.5 Å². The Kier molecular flexibility index (Phi) is 8.12. The number of rotatable bonds is 8. The minimum atomic E-state index is 0.0149. The average Bonchev–Trinajstić information content (AvgIpc) is 2.63. The molecule has 25 heavy (non-hydrogen) atoms. The fourth-order valence-electron chi connectivity index (χ4n) is 3.89. The summed E-state index contributed by atoms with van der Waals surface area (Å²) in [5.74, 6) is 0.248. The lowest BCUT2D eigenvalue weighted by Crippen LogP contribution is -2.52. The van der Waals surface area contributed by atoms with E-state index < -0.39 is 0 Å². The molecule has 2 fully saturated rings. The number of hydrogen-bond acceptors (Lipinski definition) is 5. The molecule has 3 N–H and O–H groups in total. The van der Waals surface area contributed by atoms with Crippen LogP contribution in [0.5, 0.6) is 0 Å². The Balaban J connectivity index is 1.72. The van der Waals surface area contributed by atoms with Crippen molar-refractivity contribution in [3.8, 4) is 0 Å². The monoisotopic (exact) mass is 354 g/mol. The number of piperazine rings is 1. The van der Waals surface area contributed by atoms with Crippen molar-refractivity contribution < 1.29 is 14.3 Å². The van der Waals surface area contributed by atoms with Crippen molar-refractivity contribution >= 4 is 11.8 Å². The fraction of sp³-hybridized carbons (Fsp3) is 0.889. The Hall–Kier alpha value is -1.18. The van der Waals surface area contributed by atoms with Crippen molar-refractivity contribution in [1.29, 1.82) is 0 Å². The molecule has 0 aromatic carbocycles. The number of carbonyl (C=O) groups is 2. The second-order valence-corrected chi connectivity index (χ2v) is 7.44. The van der Waals surface area contributed by atoms with Crippen LogP contribution >= 0.6 is 0 Å². The summed E-state index contributed by atoms with van der Waals surface area (Å²) in [6.07, 6.45) is 6.39. The van der Waals surface area contributed by atoms with E-state index >= 15 is 0 Å². The number of ether oxygens (including phenoxy) is 1.